The van der Waals surface area contributed by atoms with E-state index in [4.69, 9.17) is 0 Å². The van der Waals surface area contributed by atoms with Gasteiger partial charge in [0.15, 0.2) is 5.78 Å². The van der Waals surface area contributed by atoms with Gasteiger partial charge in [-0.15, -0.1) is 11.3 Å². The van der Waals surface area contributed by atoms with Gasteiger partial charge in [-0.3, -0.25) is 4.79 Å². The molecule has 3 nitrogen and oxygen atoms in total. The average Bonchev–Trinajstić information content (AvgIpc) is 2.81. The van der Waals surface area contributed by atoms with Crippen LogP contribution in [0.2, 0.25) is 0 Å². The molecule has 0 bridgehead atoms. The van der Waals surface area contributed by atoms with E-state index in [-0.39, 0.29) is 5.78 Å². The van der Waals surface area contributed by atoms with Gasteiger partial charge in [-0.05, 0) is 11.6 Å². The number of Topliss-reactive ketones (excluding diaryl/α,β-unsaturated/α-hetero) is 1. The Kier molecular flexibility index (Phi) is 4.12. The highest BCUT2D eigenvalue weighted by Gasteiger charge is 2.13. The van der Waals surface area contributed by atoms with Crippen LogP contribution in [0.15, 0.2) is 41.4 Å². The Morgan fingerprint density at radius 1 is 1.26 bits per heavy atom. The Morgan fingerprint density at radius 2 is 1.95 bits per heavy atom. The van der Waals surface area contributed by atoms with E-state index in [2.05, 4.69) is 4.99 Å². The van der Waals surface area contributed by atoms with Gasteiger partial charge in [-0.1, -0.05) is 30.3 Å². The third-order valence-corrected chi connectivity index (χ3v) is 3.79. The first-order valence-electron chi connectivity index (χ1n) is 5.98. The van der Waals surface area contributed by atoms with Crippen molar-refractivity contribution in [2.75, 3.05) is 14.1 Å². The van der Waals surface area contributed by atoms with Crippen LogP contribution in [-0.2, 0) is 0 Å². The van der Waals surface area contributed by atoms with Gasteiger partial charge >= 0.3 is 0 Å². The number of nitrogens with zero attached hydrogens (tertiary/aromatic N) is 2. The molecule has 0 N–H and O–H groups in total. The van der Waals surface area contributed by atoms with Crippen LogP contribution in [0, 0.1) is 0 Å². The molecule has 4 heteroatoms. The van der Waals surface area contributed by atoms with Crippen molar-refractivity contribution in [3.05, 3.63) is 41.3 Å². The number of carbonyl (C=O) groups is 1. The van der Waals surface area contributed by atoms with E-state index in [9.17, 15) is 4.79 Å². The highest BCUT2D eigenvalue weighted by atomic mass is 32.1. The third kappa shape index (κ3) is 3.29. The normalized spacial score (nSPS) is 10.9. The fourth-order valence-corrected chi connectivity index (χ4v) is 2.66. The maximum absolute atomic E-state index is 11.7. The number of rotatable bonds is 4. The molecule has 0 aliphatic heterocycles. The minimum Gasteiger partial charge on any atom is -0.369 e. The zero-order chi connectivity index (χ0) is 13.8. The number of carbonyl (C=O) groups excluding carboxylic acids is 1. The zero-order valence-electron chi connectivity index (χ0n) is 11.3. The van der Waals surface area contributed by atoms with Crippen LogP contribution >= 0.6 is 11.3 Å². The van der Waals surface area contributed by atoms with E-state index in [0.29, 0.717) is 4.88 Å². The first-order valence-corrected chi connectivity index (χ1v) is 6.80. The lowest BCUT2D eigenvalue weighted by molar-refractivity contribution is 0.102. The summed E-state index contributed by atoms with van der Waals surface area (Å²) >= 11 is 1.49. The molecule has 1 aromatic heterocycles. The summed E-state index contributed by atoms with van der Waals surface area (Å²) in [5.41, 5.74) is 1.85. The monoisotopic (exact) mass is 272 g/mol. The van der Waals surface area contributed by atoms with Crippen molar-refractivity contribution in [2.45, 2.75) is 6.92 Å². The van der Waals surface area contributed by atoms with Crippen molar-refractivity contribution in [1.82, 2.24) is 4.90 Å². The second-order valence-electron chi connectivity index (χ2n) is 4.46. The molecular formula is C15H16N2OS. The molecule has 0 fully saturated rings. The lowest BCUT2D eigenvalue weighted by Gasteiger charge is -2.01. The van der Waals surface area contributed by atoms with E-state index in [1.54, 1.807) is 13.3 Å². The number of hydrogen-bond acceptors (Lipinski definition) is 3. The first-order chi connectivity index (χ1) is 9.08. The molecule has 0 aliphatic rings. The van der Waals surface area contributed by atoms with Crippen molar-refractivity contribution in [2.24, 2.45) is 4.99 Å². The second-order valence-corrected chi connectivity index (χ2v) is 5.51. The maximum atomic E-state index is 11.7. The number of hydrogen-bond donors (Lipinski definition) is 0. The van der Waals surface area contributed by atoms with E-state index in [0.717, 1.165) is 16.1 Å². The Balaban J connectivity index is 2.44. The summed E-state index contributed by atoms with van der Waals surface area (Å²) in [4.78, 5) is 19.7. The van der Waals surface area contributed by atoms with Crippen LogP contribution in [-0.4, -0.2) is 31.1 Å². The van der Waals surface area contributed by atoms with Gasteiger partial charge in [-0.25, -0.2) is 4.99 Å². The molecule has 0 amide bonds. The van der Waals surface area contributed by atoms with E-state index >= 15 is 0 Å². The lowest BCUT2D eigenvalue weighted by Crippen LogP contribution is -2.07. The standard InChI is InChI=1S/C15H16N2OS/c1-11(18)15-13(16-10-17(2)3)9-14(19-15)12-7-5-4-6-8-12/h4-10H,1-3H3. The van der Waals surface area contributed by atoms with Crippen LogP contribution < -0.4 is 0 Å². The second kappa shape index (κ2) is 5.80. The summed E-state index contributed by atoms with van der Waals surface area (Å²) in [7, 11) is 3.81. The highest BCUT2D eigenvalue weighted by molar-refractivity contribution is 7.18. The summed E-state index contributed by atoms with van der Waals surface area (Å²) in [6.45, 7) is 1.58. The summed E-state index contributed by atoms with van der Waals surface area (Å²) in [5, 5.41) is 0. The number of benzene rings is 1. The number of aliphatic imine (C=N–C) groups is 1. The van der Waals surface area contributed by atoms with E-state index in [1.165, 1.54) is 11.3 Å². The van der Waals surface area contributed by atoms with Crippen molar-refractivity contribution in [3.8, 4) is 10.4 Å². The van der Waals surface area contributed by atoms with Gasteiger partial charge in [0.25, 0.3) is 0 Å². The smallest absolute Gasteiger partial charge is 0.171 e. The summed E-state index contributed by atoms with van der Waals surface area (Å²) < 4.78 is 0. The van der Waals surface area contributed by atoms with Crippen LogP contribution in [0.5, 0.6) is 0 Å². The molecule has 0 aliphatic carbocycles. The third-order valence-electron chi connectivity index (χ3n) is 2.52. The molecule has 0 saturated heterocycles. The Morgan fingerprint density at radius 3 is 2.53 bits per heavy atom. The fourth-order valence-electron chi connectivity index (χ4n) is 1.65. The fraction of sp³-hybridized carbons (Fsp3) is 0.200. The topological polar surface area (TPSA) is 32.7 Å². The molecule has 0 radical (unpaired) electrons. The quantitative estimate of drug-likeness (QED) is 0.481. The van der Waals surface area contributed by atoms with Crippen molar-refractivity contribution >= 4 is 29.1 Å². The minimum absolute atomic E-state index is 0.0538. The van der Waals surface area contributed by atoms with Crippen LogP contribution in [0.4, 0.5) is 5.69 Å². The molecule has 1 heterocycles. The van der Waals surface area contributed by atoms with Crippen molar-refractivity contribution in [3.63, 3.8) is 0 Å². The van der Waals surface area contributed by atoms with Gasteiger partial charge in [0.05, 0.1) is 16.9 Å². The predicted octanol–water partition coefficient (Wildman–Crippen LogP) is 3.84. The summed E-state index contributed by atoms with van der Waals surface area (Å²) in [5.74, 6) is 0.0538. The Labute approximate surface area is 117 Å². The van der Waals surface area contributed by atoms with Gasteiger partial charge in [0.2, 0.25) is 0 Å². The van der Waals surface area contributed by atoms with Crippen molar-refractivity contribution in [1.29, 1.82) is 0 Å². The molecule has 1 aromatic carbocycles. The Bertz CT molecular complexity index is 600. The average molecular weight is 272 g/mol. The molecule has 19 heavy (non-hydrogen) atoms. The summed E-state index contributed by atoms with van der Waals surface area (Å²) in [6.07, 6.45) is 1.71. The van der Waals surface area contributed by atoms with Crippen molar-refractivity contribution < 1.29 is 4.79 Å². The van der Waals surface area contributed by atoms with E-state index in [1.807, 2.05) is 55.4 Å². The molecule has 2 rings (SSSR count). The SMILES string of the molecule is CC(=O)c1sc(-c2ccccc2)cc1N=CN(C)C. The Hall–Kier alpha value is -1.94. The largest absolute Gasteiger partial charge is 0.369 e. The van der Waals surface area contributed by atoms with Crippen LogP contribution in [0.3, 0.4) is 0 Å². The molecular weight excluding hydrogens is 256 g/mol. The first kappa shape index (κ1) is 13.5. The maximum Gasteiger partial charge on any atom is 0.171 e. The van der Waals surface area contributed by atoms with Gasteiger partial charge in [-0.2, -0.15) is 0 Å². The number of thiophene rings is 1. The number of ketones is 1. The molecule has 0 unspecified atom stereocenters. The van der Waals surface area contributed by atoms with Gasteiger partial charge in [0, 0.05) is 25.9 Å². The van der Waals surface area contributed by atoms with Crippen LogP contribution in [0.25, 0.3) is 10.4 Å². The highest BCUT2D eigenvalue weighted by Crippen LogP contribution is 2.36. The molecule has 98 valence electrons. The molecule has 0 saturated carbocycles. The minimum atomic E-state index is 0.0538. The van der Waals surface area contributed by atoms with E-state index < -0.39 is 0 Å². The predicted molar refractivity (Wildman–Crippen MR) is 81.6 cm³/mol. The van der Waals surface area contributed by atoms with Gasteiger partial charge in [0.1, 0.15) is 0 Å². The molecule has 2 aromatic rings. The lowest BCUT2D eigenvalue weighted by atomic mass is 10.2. The van der Waals surface area contributed by atoms with Gasteiger partial charge < -0.3 is 4.90 Å². The van der Waals surface area contributed by atoms with Crippen LogP contribution in [0.1, 0.15) is 16.6 Å². The zero-order valence-corrected chi connectivity index (χ0v) is 12.1. The summed E-state index contributed by atoms with van der Waals surface area (Å²) in [6, 6.07) is 12.0. The molecule has 0 spiro atoms. The molecule has 0 atom stereocenters.